The summed E-state index contributed by atoms with van der Waals surface area (Å²) in [6, 6.07) is 15.6. The zero-order valence-electron chi connectivity index (χ0n) is 15.5. The second-order valence-corrected chi connectivity index (χ2v) is 6.93. The normalized spacial score (nSPS) is 10.8. The first kappa shape index (κ1) is 20.2. The van der Waals surface area contributed by atoms with Crippen molar-refractivity contribution >= 4 is 29.6 Å². The van der Waals surface area contributed by atoms with Crippen LogP contribution in [-0.2, 0) is 4.79 Å². The number of methoxy groups -OCH3 is 1. The first-order valence-corrected chi connectivity index (χ1v) is 9.55. The summed E-state index contributed by atoms with van der Waals surface area (Å²) in [6.07, 6.45) is 5.35. The van der Waals surface area contributed by atoms with Gasteiger partial charge in [0.05, 0.1) is 24.0 Å². The van der Waals surface area contributed by atoms with E-state index in [0.717, 1.165) is 21.9 Å². The van der Waals surface area contributed by atoms with Gasteiger partial charge in [-0.05, 0) is 42.5 Å². The van der Waals surface area contributed by atoms with Gasteiger partial charge in [-0.1, -0.05) is 0 Å². The van der Waals surface area contributed by atoms with Crippen LogP contribution in [0.4, 0.5) is 5.69 Å². The second-order valence-electron chi connectivity index (χ2n) is 5.88. The molecule has 148 valence electrons. The number of benzene rings is 2. The number of nitrogens with one attached hydrogen (secondary N) is 1. The number of hydrogen-bond acceptors (Lipinski definition) is 6. The predicted octanol–water partition coefficient (Wildman–Crippen LogP) is 3.64. The Labute approximate surface area is 171 Å². The quantitative estimate of drug-likeness (QED) is 0.265. The van der Waals surface area contributed by atoms with Gasteiger partial charge in [0.2, 0.25) is 5.91 Å². The molecule has 0 aliphatic heterocycles. The average molecular weight is 410 g/mol. The van der Waals surface area contributed by atoms with Crippen LogP contribution in [0.25, 0.3) is 5.69 Å². The van der Waals surface area contributed by atoms with Crippen LogP contribution in [0.1, 0.15) is 5.56 Å². The van der Waals surface area contributed by atoms with E-state index in [9.17, 15) is 14.9 Å². The van der Waals surface area contributed by atoms with Gasteiger partial charge < -0.3 is 9.30 Å². The summed E-state index contributed by atoms with van der Waals surface area (Å²) < 4.78 is 7.09. The molecule has 1 aromatic heterocycles. The Morgan fingerprint density at radius 2 is 1.93 bits per heavy atom. The summed E-state index contributed by atoms with van der Waals surface area (Å²) in [7, 11) is 1.62. The van der Waals surface area contributed by atoms with Gasteiger partial charge >= 0.3 is 0 Å². The van der Waals surface area contributed by atoms with E-state index < -0.39 is 4.92 Å². The summed E-state index contributed by atoms with van der Waals surface area (Å²) in [5, 5.41) is 14.6. The van der Waals surface area contributed by atoms with Crippen molar-refractivity contribution in [1.29, 1.82) is 0 Å². The molecule has 1 N–H and O–H groups in total. The summed E-state index contributed by atoms with van der Waals surface area (Å²) in [5.74, 6) is 0.679. The molecule has 0 aliphatic carbocycles. The summed E-state index contributed by atoms with van der Waals surface area (Å²) in [6.45, 7) is 0. The minimum absolute atomic E-state index is 0.0185. The van der Waals surface area contributed by atoms with E-state index >= 15 is 0 Å². The number of aromatic nitrogens is 1. The number of amides is 1. The highest BCUT2D eigenvalue weighted by atomic mass is 32.2. The Balaban J connectivity index is 1.48. The summed E-state index contributed by atoms with van der Waals surface area (Å²) >= 11 is 1.28. The Kier molecular flexibility index (Phi) is 6.64. The zero-order chi connectivity index (χ0) is 20.6. The fraction of sp³-hybridized carbons (Fsp3) is 0.100. The van der Waals surface area contributed by atoms with Crippen molar-refractivity contribution in [2.75, 3.05) is 12.9 Å². The van der Waals surface area contributed by atoms with Crippen LogP contribution in [-0.4, -0.2) is 34.5 Å². The maximum absolute atomic E-state index is 11.9. The van der Waals surface area contributed by atoms with Gasteiger partial charge in [-0.25, -0.2) is 5.43 Å². The van der Waals surface area contributed by atoms with Crippen LogP contribution in [0.15, 0.2) is 77.0 Å². The van der Waals surface area contributed by atoms with Crippen LogP contribution in [0.3, 0.4) is 0 Å². The van der Waals surface area contributed by atoms with Crippen molar-refractivity contribution in [2.45, 2.75) is 4.90 Å². The average Bonchev–Trinajstić information content (AvgIpc) is 3.21. The molecule has 0 aliphatic rings. The lowest BCUT2D eigenvalue weighted by molar-refractivity contribution is -0.384. The lowest BCUT2D eigenvalue weighted by Gasteiger charge is -2.04. The van der Waals surface area contributed by atoms with E-state index in [0.29, 0.717) is 0 Å². The van der Waals surface area contributed by atoms with Crippen molar-refractivity contribution in [1.82, 2.24) is 9.99 Å². The number of hydrazone groups is 1. The SMILES string of the molecule is COc1ccc(-n2ccc(/C=N\NC(=O)CSc3ccc([N+](=O)[O-])cc3)c2)cc1. The van der Waals surface area contributed by atoms with Crippen LogP contribution in [0, 0.1) is 10.1 Å². The molecule has 1 heterocycles. The number of nitro groups is 1. The molecule has 9 heteroatoms. The van der Waals surface area contributed by atoms with Gasteiger partial charge in [0.25, 0.3) is 5.69 Å². The van der Waals surface area contributed by atoms with Crippen molar-refractivity contribution in [3.8, 4) is 11.4 Å². The van der Waals surface area contributed by atoms with E-state index in [1.54, 1.807) is 25.5 Å². The van der Waals surface area contributed by atoms with Crippen molar-refractivity contribution in [2.24, 2.45) is 5.10 Å². The molecule has 0 fully saturated rings. The molecule has 0 spiro atoms. The lowest BCUT2D eigenvalue weighted by atomic mass is 10.3. The molecule has 3 rings (SSSR count). The Bertz CT molecular complexity index is 1010. The third-order valence-electron chi connectivity index (χ3n) is 3.91. The number of carbonyl (C=O) groups is 1. The van der Waals surface area contributed by atoms with E-state index in [1.807, 2.05) is 47.3 Å². The smallest absolute Gasteiger partial charge is 0.269 e. The number of non-ortho nitro benzene ring substituents is 1. The van der Waals surface area contributed by atoms with Gasteiger partial charge in [0.15, 0.2) is 0 Å². The highest BCUT2D eigenvalue weighted by molar-refractivity contribution is 8.00. The van der Waals surface area contributed by atoms with E-state index in [2.05, 4.69) is 10.5 Å². The first-order chi connectivity index (χ1) is 14.0. The van der Waals surface area contributed by atoms with Gasteiger partial charge in [0.1, 0.15) is 5.75 Å². The zero-order valence-corrected chi connectivity index (χ0v) is 16.3. The number of nitrogens with zero attached hydrogens (tertiary/aromatic N) is 3. The molecular formula is C20H18N4O4S. The van der Waals surface area contributed by atoms with Crippen molar-refractivity contribution in [3.05, 3.63) is 82.7 Å². The molecule has 0 radical (unpaired) electrons. The Morgan fingerprint density at radius 1 is 1.21 bits per heavy atom. The summed E-state index contributed by atoms with van der Waals surface area (Å²) in [5.41, 5.74) is 4.31. The minimum Gasteiger partial charge on any atom is -0.497 e. The number of hydrogen-bond donors (Lipinski definition) is 1. The van der Waals surface area contributed by atoms with Crippen LogP contribution >= 0.6 is 11.8 Å². The second kappa shape index (κ2) is 9.56. The van der Waals surface area contributed by atoms with Gasteiger partial charge in [-0.3, -0.25) is 14.9 Å². The standard InChI is InChI=1S/C20H18N4O4S/c1-28-18-6-2-16(3-7-18)23-11-10-15(13-23)12-21-22-20(25)14-29-19-8-4-17(5-9-19)24(26)27/h2-13H,14H2,1H3,(H,22,25)/b21-12-. The third-order valence-corrected chi connectivity index (χ3v) is 4.92. The number of nitro benzene ring substituents is 1. The molecule has 1 amide bonds. The molecule has 0 atom stereocenters. The maximum Gasteiger partial charge on any atom is 0.269 e. The molecule has 2 aromatic carbocycles. The highest BCUT2D eigenvalue weighted by Gasteiger charge is 2.06. The molecule has 0 saturated carbocycles. The topological polar surface area (TPSA) is 98.8 Å². The first-order valence-electron chi connectivity index (χ1n) is 8.57. The van der Waals surface area contributed by atoms with Crippen LogP contribution in [0.5, 0.6) is 5.75 Å². The fourth-order valence-electron chi connectivity index (χ4n) is 2.43. The van der Waals surface area contributed by atoms with Crippen molar-refractivity contribution in [3.63, 3.8) is 0 Å². The van der Waals surface area contributed by atoms with Crippen LogP contribution < -0.4 is 10.2 Å². The van der Waals surface area contributed by atoms with Crippen LogP contribution in [0.2, 0.25) is 0 Å². The number of rotatable bonds is 8. The number of ether oxygens (including phenoxy) is 1. The molecule has 0 unspecified atom stereocenters. The molecule has 3 aromatic rings. The van der Waals surface area contributed by atoms with Gasteiger partial charge in [0, 0.05) is 40.7 Å². The molecule has 29 heavy (non-hydrogen) atoms. The highest BCUT2D eigenvalue weighted by Crippen LogP contribution is 2.21. The predicted molar refractivity (Wildman–Crippen MR) is 112 cm³/mol. The molecule has 0 saturated heterocycles. The van der Waals surface area contributed by atoms with Crippen molar-refractivity contribution < 1.29 is 14.5 Å². The summed E-state index contributed by atoms with van der Waals surface area (Å²) in [4.78, 5) is 22.8. The van der Waals surface area contributed by atoms with Gasteiger partial charge in [-0.2, -0.15) is 5.10 Å². The molecule has 8 nitrogen and oxygen atoms in total. The lowest BCUT2D eigenvalue weighted by Crippen LogP contribution is -2.19. The minimum atomic E-state index is -0.461. The van der Waals surface area contributed by atoms with E-state index in [-0.39, 0.29) is 17.3 Å². The third kappa shape index (κ3) is 5.69. The Hall–Kier alpha value is -3.59. The fourth-order valence-corrected chi connectivity index (χ4v) is 3.12. The molecule has 0 bridgehead atoms. The Morgan fingerprint density at radius 3 is 2.59 bits per heavy atom. The van der Waals surface area contributed by atoms with E-state index in [4.69, 9.17) is 4.74 Å². The number of carbonyl (C=O) groups excluding carboxylic acids is 1. The van der Waals surface area contributed by atoms with E-state index in [1.165, 1.54) is 23.9 Å². The molecular weight excluding hydrogens is 392 g/mol. The monoisotopic (exact) mass is 410 g/mol. The number of thioether (sulfide) groups is 1. The maximum atomic E-state index is 11.9. The van der Waals surface area contributed by atoms with Gasteiger partial charge in [-0.15, -0.1) is 11.8 Å². The largest absolute Gasteiger partial charge is 0.497 e.